The van der Waals surface area contributed by atoms with Crippen LogP contribution in [-0.4, -0.2) is 35.5 Å². The molecule has 0 saturated heterocycles. The van der Waals surface area contributed by atoms with Gasteiger partial charge in [0, 0.05) is 12.0 Å². The van der Waals surface area contributed by atoms with Crippen LogP contribution in [0.3, 0.4) is 0 Å². The molecule has 4 aliphatic carbocycles. The van der Waals surface area contributed by atoms with Crippen LogP contribution in [0.1, 0.15) is 65.7 Å². The Kier molecular flexibility index (Phi) is 4.37. The second-order valence-electron chi connectivity index (χ2n) is 10.1. The van der Waals surface area contributed by atoms with Gasteiger partial charge < -0.3 is 15.5 Å². The summed E-state index contributed by atoms with van der Waals surface area (Å²) in [5.74, 6) is 2.47. The quantitative estimate of drug-likeness (QED) is 0.670. The first-order valence-corrected chi connectivity index (χ1v) is 10.5. The van der Waals surface area contributed by atoms with Gasteiger partial charge in [0.1, 0.15) is 0 Å². The van der Waals surface area contributed by atoms with Gasteiger partial charge in [-0.2, -0.15) is 0 Å². The molecule has 3 N–H and O–H groups in total. The molecule has 0 bridgehead atoms. The smallest absolute Gasteiger partial charge is 0.0591 e. The summed E-state index contributed by atoms with van der Waals surface area (Å²) in [6, 6.07) is 0.372. The Bertz CT molecular complexity index is 560. The topological polar surface area (TPSA) is 52.5 Å². The summed E-state index contributed by atoms with van der Waals surface area (Å²) in [6.45, 7) is 7.19. The molecule has 4 rings (SSSR count). The van der Waals surface area contributed by atoms with Gasteiger partial charge in [-0.15, -0.1) is 0 Å². The number of hydrogen-bond donors (Lipinski definition) is 3. The van der Waals surface area contributed by atoms with Crippen molar-refractivity contribution in [2.75, 3.05) is 7.05 Å². The zero-order chi connectivity index (χ0) is 18.0. The predicted molar refractivity (Wildman–Crippen MR) is 101 cm³/mol. The molecular weight excluding hydrogens is 310 g/mol. The predicted octanol–water partition coefficient (Wildman–Crippen LogP) is 3.51. The summed E-state index contributed by atoms with van der Waals surface area (Å²) in [5.41, 5.74) is 2.09. The van der Waals surface area contributed by atoms with Crippen LogP contribution < -0.4 is 5.32 Å². The summed E-state index contributed by atoms with van der Waals surface area (Å²) in [4.78, 5) is 0. The Labute approximate surface area is 153 Å². The first-order chi connectivity index (χ1) is 11.8. The first kappa shape index (κ1) is 18.0. The summed E-state index contributed by atoms with van der Waals surface area (Å²) < 4.78 is 0. The van der Waals surface area contributed by atoms with Gasteiger partial charge in [0.2, 0.25) is 0 Å². The number of aliphatic hydroxyl groups is 2. The fourth-order valence-electron chi connectivity index (χ4n) is 7.78. The largest absolute Gasteiger partial charge is 0.393 e. The van der Waals surface area contributed by atoms with Gasteiger partial charge in [-0.1, -0.05) is 25.5 Å². The second kappa shape index (κ2) is 6.07. The van der Waals surface area contributed by atoms with Crippen molar-refractivity contribution in [2.24, 2.45) is 34.5 Å². The molecule has 3 fully saturated rings. The number of fused-ring (bicyclic) bond motifs is 5. The van der Waals surface area contributed by atoms with Crippen molar-refractivity contribution in [3.8, 4) is 0 Å². The molecule has 0 heterocycles. The molecule has 0 spiro atoms. The molecule has 3 nitrogen and oxygen atoms in total. The average molecular weight is 348 g/mol. The molecule has 0 radical (unpaired) electrons. The van der Waals surface area contributed by atoms with E-state index in [4.69, 9.17) is 0 Å². The van der Waals surface area contributed by atoms with Crippen molar-refractivity contribution in [2.45, 2.75) is 84.0 Å². The SMILES string of the molecule is CNC(C)C1C(O)CC2C3CC=C4CC(O)CCC4(C)C3CCC21C. The summed E-state index contributed by atoms with van der Waals surface area (Å²) in [5, 5.41) is 24.5. The highest BCUT2D eigenvalue weighted by molar-refractivity contribution is 5.25. The third-order valence-electron chi connectivity index (χ3n) is 9.18. The van der Waals surface area contributed by atoms with Gasteiger partial charge >= 0.3 is 0 Å². The molecule has 0 aromatic heterocycles. The molecule has 0 aliphatic heterocycles. The van der Waals surface area contributed by atoms with Crippen LogP contribution in [0.4, 0.5) is 0 Å². The molecule has 4 aliphatic rings. The maximum Gasteiger partial charge on any atom is 0.0591 e. The minimum absolute atomic E-state index is 0.126. The number of rotatable bonds is 2. The molecule has 9 unspecified atom stereocenters. The number of allylic oxidation sites excluding steroid dienone is 1. The van der Waals surface area contributed by atoms with Crippen LogP contribution in [0.25, 0.3) is 0 Å². The second-order valence-corrected chi connectivity index (χ2v) is 10.1. The molecule has 142 valence electrons. The van der Waals surface area contributed by atoms with Crippen molar-refractivity contribution >= 4 is 0 Å². The molecule has 0 aromatic carbocycles. The average Bonchev–Trinajstić information content (AvgIpc) is 2.85. The van der Waals surface area contributed by atoms with Gasteiger partial charge in [0.05, 0.1) is 12.2 Å². The van der Waals surface area contributed by atoms with E-state index in [2.05, 4.69) is 32.2 Å². The maximum atomic E-state index is 10.9. The van der Waals surface area contributed by atoms with Gasteiger partial charge in [-0.3, -0.25) is 0 Å². The Morgan fingerprint density at radius 1 is 1.16 bits per heavy atom. The highest BCUT2D eigenvalue weighted by Crippen LogP contribution is 2.66. The lowest BCUT2D eigenvalue weighted by atomic mass is 9.47. The Morgan fingerprint density at radius 2 is 1.92 bits per heavy atom. The van der Waals surface area contributed by atoms with Crippen molar-refractivity contribution < 1.29 is 10.2 Å². The van der Waals surface area contributed by atoms with Crippen molar-refractivity contribution in [1.29, 1.82) is 0 Å². The van der Waals surface area contributed by atoms with E-state index in [0.29, 0.717) is 29.2 Å². The monoisotopic (exact) mass is 347 g/mol. The Balaban J connectivity index is 1.66. The number of hydrogen-bond acceptors (Lipinski definition) is 3. The van der Waals surface area contributed by atoms with Gasteiger partial charge in [-0.25, -0.2) is 0 Å². The highest BCUT2D eigenvalue weighted by Gasteiger charge is 2.61. The summed E-state index contributed by atoms with van der Waals surface area (Å²) >= 11 is 0. The molecule has 3 heteroatoms. The summed E-state index contributed by atoms with van der Waals surface area (Å²) in [6.07, 6.45) is 9.87. The van der Waals surface area contributed by atoms with Crippen molar-refractivity contribution in [3.63, 3.8) is 0 Å². The van der Waals surface area contributed by atoms with Gasteiger partial charge in [-0.05, 0) is 87.5 Å². The van der Waals surface area contributed by atoms with E-state index in [1.54, 1.807) is 0 Å². The van der Waals surface area contributed by atoms with E-state index in [9.17, 15) is 10.2 Å². The molecule has 0 amide bonds. The van der Waals surface area contributed by atoms with E-state index < -0.39 is 0 Å². The van der Waals surface area contributed by atoms with Crippen LogP contribution in [0, 0.1) is 34.5 Å². The molecule has 0 aromatic rings. The normalized spacial score (nSPS) is 53.4. The van der Waals surface area contributed by atoms with Crippen molar-refractivity contribution in [3.05, 3.63) is 11.6 Å². The van der Waals surface area contributed by atoms with Crippen LogP contribution >= 0.6 is 0 Å². The fourth-order valence-corrected chi connectivity index (χ4v) is 7.78. The zero-order valence-corrected chi connectivity index (χ0v) is 16.5. The number of nitrogens with one attached hydrogen (secondary N) is 1. The molecule has 25 heavy (non-hydrogen) atoms. The minimum atomic E-state index is -0.164. The fraction of sp³-hybridized carbons (Fsp3) is 0.909. The van der Waals surface area contributed by atoms with Crippen LogP contribution in [-0.2, 0) is 0 Å². The third-order valence-corrected chi connectivity index (χ3v) is 9.18. The van der Waals surface area contributed by atoms with Gasteiger partial charge in [0.15, 0.2) is 0 Å². The molecule has 9 atom stereocenters. The van der Waals surface area contributed by atoms with Crippen LogP contribution in [0.15, 0.2) is 11.6 Å². The van der Waals surface area contributed by atoms with Gasteiger partial charge in [0.25, 0.3) is 0 Å². The van der Waals surface area contributed by atoms with E-state index in [1.165, 1.54) is 18.4 Å². The van der Waals surface area contributed by atoms with E-state index in [1.807, 2.05) is 7.05 Å². The number of aliphatic hydroxyl groups excluding tert-OH is 2. The Morgan fingerprint density at radius 3 is 2.64 bits per heavy atom. The maximum absolute atomic E-state index is 10.9. The van der Waals surface area contributed by atoms with E-state index in [0.717, 1.165) is 38.0 Å². The lowest BCUT2D eigenvalue weighted by Crippen LogP contribution is -2.52. The van der Waals surface area contributed by atoms with E-state index in [-0.39, 0.29) is 17.6 Å². The molecule has 3 saturated carbocycles. The van der Waals surface area contributed by atoms with Crippen LogP contribution in [0.5, 0.6) is 0 Å². The lowest BCUT2D eigenvalue weighted by Gasteiger charge is -2.58. The lowest BCUT2D eigenvalue weighted by molar-refractivity contribution is -0.0564. The third kappa shape index (κ3) is 2.49. The Hall–Kier alpha value is -0.380. The standard InChI is InChI=1S/C22H37NO2/c1-13(23-4)20-19(25)12-18-16-6-5-14-11-15(24)7-9-21(14,2)17(16)8-10-22(18,20)3/h5,13,15-20,23-25H,6-12H2,1-4H3. The van der Waals surface area contributed by atoms with Crippen molar-refractivity contribution in [1.82, 2.24) is 5.32 Å². The summed E-state index contributed by atoms with van der Waals surface area (Å²) in [7, 11) is 2.03. The van der Waals surface area contributed by atoms with Crippen LogP contribution in [0.2, 0.25) is 0 Å². The van der Waals surface area contributed by atoms with E-state index >= 15 is 0 Å². The highest BCUT2D eigenvalue weighted by atomic mass is 16.3. The minimum Gasteiger partial charge on any atom is -0.393 e. The molecular formula is C22H37NO2. The first-order valence-electron chi connectivity index (χ1n) is 10.5. The zero-order valence-electron chi connectivity index (χ0n) is 16.5.